The summed E-state index contributed by atoms with van der Waals surface area (Å²) >= 11 is 0. The van der Waals surface area contributed by atoms with Crippen molar-refractivity contribution in [2.45, 2.75) is 45.4 Å². The normalized spacial score (nSPS) is 19.6. The zero-order chi connectivity index (χ0) is 20.4. The highest BCUT2D eigenvalue weighted by molar-refractivity contribution is 5.78. The molecular formula is C18H21N3O6. The van der Waals surface area contributed by atoms with Crippen molar-refractivity contribution in [3.63, 3.8) is 0 Å². The highest BCUT2D eigenvalue weighted by Crippen LogP contribution is 2.44. The summed E-state index contributed by atoms with van der Waals surface area (Å²) in [5, 5.41) is 10.2. The molecule has 0 bridgehead atoms. The Morgan fingerprint density at radius 2 is 1.96 bits per heavy atom. The summed E-state index contributed by atoms with van der Waals surface area (Å²) in [6.07, 6.45) is -1.83. The molecule has 0 saturated carbocycles. The fourth-order valence-electron chi connectivity index (χ4n) is 2.97. The minimum atomic E-state index is -1.02. The van der Waals surface area contributed by atoms with Gasteiger partial charge in [0.15, 0.2) is 6.10 Å². The molecule has 1 aliphatic rings. The molecule has 0 fully saturated rings. The average Bonchev–Trinajstić information content (AvgIpc) is 2.59. The molecule has 0 saturated heterocycles. The molecule has 27 heavy (non-hydrogen) atoms. The highest BCUT2D eigenvalue weighted by Gasteiger charge is 2.50. The van der Waals surface area contributed by atoms with E-state index < -0.39 is 35.7 Å². The number of methoxy groups -OCH3 is 1. The van der Waals surface area contributed by atoms with E-state index >= 15 is 0 Å². The van der Waals surface area contributed by atoms with Crippen molar-refractivity contribution in [3.8, 4) is 11.8 Å². The smallest absolute Gasteiger partial charge is 0.425 e. The van der Waals surface area contributed by atoms with Gasteiger partial charge < -0.3 is 14.2 Å². The van der Waals surface area contributed by atoms with Crippen LogP contribution in [0.3, 0.4) is 0 Å². The van der Waals surface area contributed by atoms with Gasteiger partial charge in [0.25, 0.3) is 0 Å². The molecule has 9 nitrogen and oxygen atoms in total. The Bertz CT molecular complexity index is 814. The van der Waals surface area contributed by atoms with Gasteiger partial charge >= 0.3 is 12.1 Å². The SMILES string of the molecule is COC(=O)NN(C(C)=O)[C@H]1c2cc(C#N)ccc2OC(C)(C)[C@@H]1OC(C)=O. The summed E-state index contributed by atoms with van der Waals surface area (Å²) < 4.78 is 16.0. The van der Waals surface area contributed by atoms with Crippen molar-refractivity contribution in [2.24, 2.45) is 0 Å². The van der Waals surface area contributed by atoms with Gasteiger partial charge in [-0.3, -0.25) is 9.59 Å². The quantitative estimate of drug-likeness (QED) is 0.619. The second kappa shape index (κ2) is 7.53. The largest absolute Gasteiger partial charge is 0.484 e. The summed E-state index contributed by atoms with van der Waals surface area (Å²) in [5.41, 5.74) is 2.07. The molecule has 1 heterocycles. The summed E-state index contributed by atoms with van der Waals surface area (Å²) in [6.45, 7) is 5.88. The third kappa shape index (κ3) is 4.11. The minimum absolute atomic E-state index is 0.324. The first-order valence-electron chi connectivity index (χ1n) is 8.15. The van der Waals surface area contributed by atoms with E-state index in [4.69, 9.17) is 9.47 Å². The molecule has 1 aromatic rings. The number of rotatable bonds is 2. The molecule has 9 heteroatoms. The zero-order valence-electron chi connectivity index (χ0n) is 15.7. The van der Waals surface area contributed by atoms with Gasteiger partial charge in [0, 0.05) is 19.4 Å². The maximum absolute atomic E-state index is 12.3. The number of carbonyl (C=O) groups excluding carboxylic acids is 3. The molecule has 2 amide bonds. The number of nitriles is 1. The van der Waals surface area contributed by atoms with Crippen molar-refractivity contribution in [1.82, 2.24) is 10.4 Å². The summed E-state index contributed by atoms with van der Waals surface area (Å²) in [7, 11) is 1.16. The van der Waals surface area contributed by atoms with E-state index in [1.54, 1.807) is 26.0 Å². The topological polar surface area (TPSA) is 118 Å². The van der Waals surface area contributed by atoms with Gasteiger partial charge in [-0.25, -0.2) is 15.2 Å². The Morgan fingerprint density at radius 3 is 2.48 bits per heavy atom. The summed E-state index contributed by atoms with van der Waals surface area (Å²) in [6, 6.07) is 5.78. The predicted octanol–water partition coefficient (Wildman–Crippen LogP) is 1.82. The molecule has 1 N–H and O–H groups in total. The number of fused-ring (bicyclic) bond motifs is 1. The Kier molecular flexibility index (Phi) is 5.59. The van der Waals surface area contributed by atoms with Crippen LogP contribution in [0.15, 0.2) is 18.2 Å². The molecule has 144 valence electrons. The molecule has 0 spiro atoms. The zero-order valence-corrected chi connectivity index (χ0v) is 15.7. The van der Waals surface area contributed by atoms with Gasteiger partial charge in [-0.1, -0.05) is 0 Å². The molecule has 0 radical (unpaired) electrons. The van der Waals surface area contributed by atoms with Crippen molar-refractivity contribution < 1.29 is 28.6 Å². The van der Waals surface area contributed by atoms with Gasteiger partial charge in [-0.2, -0.15) is 5.26 Å². The minimum Gasteiger partial charge on any atom is -0.484 e. The number of hydrazine groups is 1. The number of benzene rings is 1. The van der Waals surface area contributed by atoms with E-state index in [1.807, 2.05) is 6.07 Å². The number of esters is 1. The van der Waals surface area contributed by atoms with Crippen molar-refractivity contribution in [3.05, 3.63) is 29.3 Å². The van der Waals surface area contributed by atoms with Crippen LogP contribution in [-0.4, -0.2) is 41.8 Å². The van der Waals surface area contributed by atoms with Crippen LogP contribution in [0.25, 0.3) is 0 Å². The van der Waals surface area contributed by atoms with Crippen LogP contribution < -0.4 is 10.2 Å². The number of ether oxygens (including phenoxy) is 3. The lowest BCUT2D eigenvalue weighted by molar-refractivity contribution is -0.174. The highest BCUT2D eigenvalue weighted by atomic mass is 16.6. The number of nitrogens with one attached hydrogen (secondary N) is 1. The Labute approximate surface area is 156 Å². The number of amides is 2. The molecule has 2 rings (SSSR count). The van der Waals surface area contributed by atoms with Crippen LogP contribution in [0.1, 0.15) is 44.9 Å². The summed E-state index contributed by atoms with van der Waals surface area (Å²) in [4.78, 5) is 35.8. The first-order chi connectivity index (χ1) is 12.6. The van der Waals surface area contributed by atoms with Gasteiger partial charge in [-0.15, -0.1) is 0 Å². The van der Waals surface area contributed by atoms with Crippen molar-refractivity contribution in [2.75, 3.05) is 7.11 Å². The van der Waals surface area contributed by atoms with Crippen LogP contribution in [0.5, 0.6) is 5.75 Å². The maximum atomic E-state index is 12.3. The standard InChI is InChI=1S/C18H21N3O6/c1-10(22)21(20-17(24)25-5)15-13-8-12(9-19)6-7-14(13)27-18(3,4)16(15)26-11(2)23/h6-8,15-16H,1-5H3,(H,20,24)/t15-,16+/m0/s1. The lowest BCUT2D eigenvalue weighted by Crippen LogP contribution is -2.59. The number of hydrogen-bond donors (Lipinski definition) is 1. The molecule has 2 atom stereocenters. The lowest BCUT2D eigenvalue weighted by atomic mass is 9.85. The van der Waals surface area contributed by atoms with E-state index in [-0.39, 0.29) is 0 Å². The number of carbonyl (C=O) groups is 3. The average molecular weight is 375 g/mol. The van der Waals surface area contributed by atoms with Gasteiger partial charge in [-0.05, 0) is 32.0 Å². The first kappa shape index (κ1) is 20.0. The fraction of sp³-hybridized carbons (Fsp3) is 0.444. The number of hydrogen-bond acceptors (Lipinski definition) is 7. The lowest BCUT2D eigenvalue weighted by Gasteiger charge is -2.46. The Morgan fingerprint density at radius 1 is 1.30 bits per heavy atom. The molecular weight excluding hydrogens is 354 g/mol. The van der Waals surface area contributed by atoms with Crippen LogP contribution in [-0.2, 0) is 19.1 Å². The monoisotopic (exact) mass is 375 g/mol. The van der Waals surface area contributed by atoms with Gasteiger partial charge in [0.2, 0.25) is 5.91 Å². The van der Waals surface area contributed by atoms with E-state index in [2.05, 4.69) is 10.2 Å². The van der Waals surface area contributed by atoms with E-state index in [1.165, 1.54) is 19.9 Å². The molecule has 0 aromatic heterocycles. The Balaban J connectivity index is 2.67. The molecule has 1 aromatic carbocycles. The first-order valence-corrected chi connectivity index (χ1v) is 8.15. The molecule has 1 aliphatic heterocycles. The molecule has 0 unspecified atom stereocenters. The maximum Gasteiger partial charge on any atom is 0.425 e. The van der Waals surface area contributed by atoms with E-state index in [9.17, 15) is 19.6 Å². The van der Waals surface area contributed by atoms with Gasteiger partial charge in [0.05, 0.1) is 18.7 Å². The van der Waals surface area contributed by atoms with E-state index in [0.29, 0.717) is 16.9 Å². The van der Waals surface area contributed by atoms with Crippen molar-refractivity contribution >= 4 is 18.0 Å². The molecule has 0 aliphatic carbocycles. The third-order valence-electron chi connectivity index (χ3n) is 4.11. The second-order valence-corrected chi connectivity index (χ2v) is 6.54. The fourth-order valence-corrected chi connectivity index (χ4v) is 2.97. The van der Waals surface area contributed by atoms with Crippen LogP contribution in [0.2, 0.25) is 0 Å². The summed E-state index contributed by atoms with van der Waals surface area (Å²) in [5.74, 6) is -0.693. The van der Waals surface area contributed by atoms with E-state index in [0.717, 1.165) is 12.1 Å². The second-order valence-electron chi connectivity index (χ2n) is 6.54. The van der Waals surface area contributed by atoms with Crippen LogP contribution >= 0.6 is 0 Å². The van der Waals surface area contributed by atoms with Crippen molar-refractivity contribution in [1.29, 1.82) is 5.26 Å². The van der Waals surface area contributed by atoms with Crippen LogP contribution in [0.4, 0.5) is 4.79 Å². The number of nitrogens with zero attached hydrogens (tertiary/aromatic N) is 2. The van der Waals surface area contributed by atoms with Gasteiger partial charge in [0.1, 0.15) is 17.4 Å². The Hall–Kier alpha value is -3.28. The van der Waals surface area contributed by atoms with Crippen LogP contribution in [0, 0.1) is 11.3 Å². The third-order valence-corrected chi connectivity index (χ3v) is 4.11. The predicted molar refractivity (Wildman–Crippen MR) is 92.2 cm³/mol.